The van der Waals surface area contributed by atoms with E-state index in [9.17, 15) is 4.79 Å². The van der Waals surface area contributed by atoms with Crippen molar-refractivity contribution in [3.05, 3.63) is 71.8 Å². The fraction of sp³-hybridized carbons (Fsp3) is 0.250. The Morgan fingerprint density at radius 2 is 1.89 bits per heavy atom. The highest BCUT2D eigenvalue weighted by Gasteiger charge is 2.08. The molecule has 0 bridgehead atoms. The monoisotopic (exact) mass is 366 g/mol. The lowest BCUT2D eigenvalue weighted by molar-refractivity contribution is 0.0951. The van der Waals surface area contributed by atoms with Gasteiger partial charge in [0.2, 0.25) is 0 Å². The van der Waals surface area contributed by atoms with Gasteiger partial charge < -0.3 is 14.8 Å². The molecule has 0 aliphatic rings. The van der Waals surface area contributed by atoms with Crippen LogP contribution in [-0.4, -0.2) is 34.4 Å². The minimum Gasteiger partial charge on any atom is -0.493 e. The van der Waals surface area contributed by atoms with E-state index in [0.29, 0.717) is 36.8 Å². The molecule has 140 valence electrons. The fourth-order valence-electron chi connectivity index (χ4n) is 2.64. The molecule has 0 atom stereocenters. The molecule has 0 unspecified atom stereocenters. The first-order chi connectivity index (χ1) is 13.2. The number of hydrogen-bond acceptors (Lipinski definition) is 5. The maximum Gasteiger partial charge on any atom is 0.251 e. The minimum atomic E-state index is -0.129. The van der Waals surface area contributed by atoms with Crippen LogP contribution in [0.1, 0.15) is 28.4 Å². The standard InChI is InChI=1S/C20H22N4O3/c1-3-27-18-9-6-16(10-19(18)26-2)11-22-20(25)17-7-4-15(5-8-17)12-24-14-21-13-23-24/h4-10,13-14H,3,11-12H2,1-2H3,(H,22,25). The van der Waals surface area contributed by atoms with Crippen LogP contribution in [0, 0.1) is 0 Å². The number of ether oxygens (including phenoxy) is 2. The van der Waals surface area contributed by atoms with Crippen molar-refractivity contribution in [1.29, 1.82) is 0 Å². The van der Waals surface area contributed by atoms with Gasteiger partial charge in [-0.2, -0.15) is 5.10 Å². The quantitative estimate of drug-likeness (QED) is 0.663. The van der Waals surface area contributed by atoms with Crippen molar-refractivity contribution in [2.24, 2.45) is 0 Å². The Morgan fingerprint density at radius 3 is 2.56 bits per heavy atom. The SMILES string of the molecule is CCOc1ccc(CNC(=O)c2ccc(Cn3cncn3)cc2)cc1OC. The number of rotatable bonds is 8. The van der Waals surface area contributed by atoms with Gasteiger partial charge in [0, 0.05) is 12.1 Å². The second-order valence-electron chi connectivity index (χ2n) is 5.89. The average Bonchev–Trinajstić information content (AvgIpc) is 3.20. The van der Waals surface area contributed by atoms with Crippen molar-refractivity contribution in [3.8, 4) is 11.5 Å². The lowest BCUT2D eigenvalue weighted by Gasteiger charge is -2.11. The van der Waals surface area contributed by atoms with Gasteiger partial charge in [-0.05, 0) is 42.3 Å². The number of nitrogens with zero attached hydrogens (tertiary/aromatic N) is 3. The van der Waals surface area contributed by atoms with Gasteiger partial charge in [0.15, 0.2) is 11.5 Å². The van der Waals surface area contributed by atoms with E-state index < -0.39 is 0 Å². The minimum absolute atomic E-state index is 0.129. The van der Waals surface area contributed by atoms with Gasteiger partial charge in [-0.3, -0.25) is 4.79 Å². The number of hydrogen-bond donors (Lipinski definition) is 1. The van der Waals surface area contributed by atoms with Crippen molar-refractivity contribution >= 4 is 5.91 Å². The van der Waals surface area contributed by atoms with Crippen LogP contribution in [0.4, 0.5) is 0 Å². The van der Waals surface area contributed by atoms with Crippen LogP contribution in [0.25, 0.3) is 0 Å². The van der Waals surface area contributed by atoms with E-state index in [2.05, 4.69) is 15.4 Å². The number of aromatic nitrogens is 3. The number of methoxy groups -OCH3 is 1. The van der Waals surface area contributed by atoms with Gasteiger partial charge in [0.25, 0.3) is 5.91 Å². The molecule has 3 rings (SSSR count). The molecule has 0 fully saturated rings. The van der Waals surface area contributed by atoms with Crippen LogP contribution in [0.5, 0.6) is 11.5 Å². The molecule has 1 aromatic heterocycles. The summed E-state index contributed by atoms with van der Waals surface area (Å²) in [6.07, 6.45) is 3.16. The van der Waals surface area contributed by atoms with Crippen molar-refractivity contribution in [1.82, 2.24) is 20.1 Å². The second-order valence-corrected chi connectivity index (χ2v) is 5.89. The Labute approximate surface area is 158 Å². The first-order valence-electron chi connectivity index (χ1n) is 8.69. The van der Waals surface area contributed by atoms with Crippen LogP contribution >= 0.6 is 0 Å². The summed E-state index contributed by atoms with van der Waals surface area (Å²) in [5, 5.41) is 6.99. The Morgan fingerprint density at radius 1 is 1.11 bits per heavy atom. The molecule has 2 aromatic carbocycles. The number of benzene rings is 2. The molecule has 27 heavy (non-hydrogen) atoms. The highest BCUT2D eigenvalue weighted by atomic mass is 16.5. The second kappa shape index (κ2) is 8.84. The summed E-state index contributed by atoms with van der Waals surface area (Å²) in [6, 6.07) is 13.1. The van der Waals surface area contributed by atoms with Crippen LogP contribution in [0.15, 0.2) is 55.1 Å². The van der Waals surface area contributed by atoms with E-state index in [1.54, 1.807) is 30.3 Å². The van der Waals surface area contributed by atoms with E-state index in [-0.39, 0.29) is 5.91 Å². The number of carbonyl (C=O) groups is 1. The summed E-state index contributed by atoms with van der Waals surface area (Å²) in [5.41, 5.74) is 2.59. The third kappa shape index (κ3) is 4.84. The Hall–Kier alpha value is -3.35. The Balaban J connectivity index is 1.59. The Kier molecular flexibility index (Phi) is 6.04. The van der Waals surface area contributed by atoms with E-state index in [1.165, 1.54) is 6.33 Å². The van der Waals surface area contributed by atoms with Gasteiger partial charge >= 0.3 is 0 Å². The van der Waals surface area contributed by atoms with Crippen LogP contribution in [-0.2, 0) is 13.1 Å². The Bertz CT molecular complexity index is 877. The number of carbonyl (C=O) groups excluding carboxylic acids is 1. The summed E-state index contributed by atoms with van der Waals surface area (Å²) in [5.74, 6) is 1.22. The molecule has 7 heteroatoms. The van der Waals surface area contributed by atoms with E-state index in [0.717, 1.165) is 11.1 Å². The van der Waals surface area contributed by atoms with Crippen LogP contribution in [0.3, 0.4) is 0 Å². The highest BCUT2D eigenvalue weighted by Crippen LogP contribution is 2.28. The molecule has 7 nitrogen and oxygen atoms in total. The molecule has 1 heterocycles. The summed E-state index contributed by atoms with van der Waals surface area (Å²) in [7, 11) is 1.60. The summed E-state index contributed by atoms with van der Waals surface area (Å²) in [4.78, 5) is 16.3. The molecular formula is C20H22N4O3. The normalized spacial score (nSPS) is 10.4. The van der Waals surface area contributed by atoms with Gasteiger partial charge in [-0.25, -0.2) is 9.67 Å². The third-order valence-corrected chi connectivity index (χ3v) is 4.01. The van der Waals surface area contributed by atoms with Crippen molar-refractivity contribution in [3.63, 3.8) is 0 Å². The molecule has 1 N–H and O–H groups in total. The first kappa shape index (κ1) is 18.4. The lowest BCUT2D eigenvalue weighted by Crippen LogP contribution is -2.22. The van der Waals surface area contributed by atoms with Crippen molar-refractivity contribution in [2.75, 3.05) is 13.7 Å². The molecule has 0 spiro atoms. The maximum absolute atomic E-state index is 12.4. The van der Waals surface area contributed by atoms with Gasteiger partial charge in [0.05, 0.1) is 20.3 Å². The molecule has 0 aliphatic carbocycles. The van der Waals surface area contributed by atoms with E-state index >= 15 is 0 Å². The zero-order valence-corrected chi connectivity index (χ0v) is 15.4. The molecular weight excluding hydrogens is 344 g/mol. The molecule has 0 saturated heterocycles. The molecule has 0 radical (unpaired) electrons. The number of nitrogens with one attached hydrogen (secondary N) is 1. The lowest BCUT2D eigenvalue weighted by atomic mass is 10.1. The predicted octanol–water partition coefficient (Wildman–Crippen LogP) is 2.66. The van der Waals surface area contributed by atoms with Crippen LogP contribution in [0.2, 0.25) is 0 Å². The summed E-state index contributed by atoms with van der Waals surface area (Å²) >= 11 is 0. The molecule has 0 aliphatic heterocycles. The number of amides is 1. The van der Waals surface area contributed by atoms with E-state index in [1.807, 2.05) is 37.3 Å². The van der Waals surface area contributed by atoms with E-state index in [4.69, 9.17) is 9.47 Å². The van der Waals surface area contributed by atoms with Crippen LogP contribution < -0.4 is 14.8 Å². The molecule has 0 saturated carbocycles. The highest BCUT2D eigenvalue weighted by molar-refractivity contribution is 5.94. The average molecular weight is 366 g/mol. The molecule has 1 amide bonds. The topological polar surface area (TPSA) is 78.3 Å². The van der Waals surface area contributed by atoms with Crippen molar-refractivity contribution in [2.45, 2.75) is 20.0 Å². The summed E-state index contributed by atoms with van der Waals surface area (Å²) < 4.78 is 12.6. The largest absolute Gasteiger partial charge is 0.493 e. The smallest absolute Gasteiger partial charge is 0.251 e. The zero-order chi connectivity index (χ0) is 19.1. The zero-order valence-electron chi connectivity index (χ0n) is 15.4. The van der Waals surface area contributed by atoms with Crippen molar-refractivity contribution < 1.29 is 14.3 Å². The first-order valence-corrected chi connectivity index (χ1v) is 8.69. The van der Waals surface area contributed by atoms with Gasteiger partial charge in [0.1, 0.15) is 12.7 Å². The predicted molar refractivity (Wildman–Crippen MR) is 101 cm³/mol. The third-order valence-electron chi connectivity index (χ3n) is 4.01. The molecule has 3 aromatic rings. The summed E-state index contributed by atoms with van der Waals surface area (Å²) in [6.45, 7) is 3.51. The van der Waals surface area contributed by atoms with Gasteiger partial charge in [-0.1, -0.05) is 18.2 Å². The fourth-order valence-corrected chi connectivity index (χ4v) is 2.64. The maximum atomic E-state index is 12.4. The van der Waals surface area contributed by atoms with Gasteiger partial charge in [-0.15, -0.1) is 0 Å².